The van der Waals surface area contributed by atoms with Gasteiger partial charge in [-0.2, -0.15) is 5.10 Å². The third kappa shape index (κ3) is 4.04. The monoisotopic (exact) mass is 480 g/mol. The summed E-state index contributed by atoms with van der Waals surface area (Å²) in [6, 6.07) is 10.1. The van der Waals surface area contributed by atoms with Gasteiger partial charge in [-0.25, -0.2) is 9.37 Å². The number of aromatic nitrogens is 4. The summed E-state index contributed by atoms with van der Waals surface area (Å²) in [5.74, 6) is 0.743. The Labute approximate surface area is 200 Å². The lowest BCUT2D eigenvalue weighted by Gasteiger charge is -2.29. The van der Waals surface area contributed by atoms with Crippen LogP contribution >= 0.6 is 11.6 Å². The van der Waals surface area contributed by atoms with Gasteiger partial charge < -0.3 is 19.9 Å². The number of pyridine rings is 1. The Hall–Kier alpha value is -3.69. The maximum atomic E-state index is 14.0. The fourth-order valence-corrected chi connectivity index (χ4v) is 4.37. The highest BCUT2D eigenvalue weighted by molar-refractivity contribution is 6.33. The Balaban J connectivity index is 1.41. The Morgan fingerprint density at radius 1 is 1.24 bits per heavy atom. The van der Waals surface area contributed by atoms with Crippen LogP contribution in [0.15, 0.2) is 55.0 Å². The molecule has 0 saturated heterocycles. The highest BCUT2D eigenvalue weighted by atomic mass is 35.5. The predicted octanol–water partition coefficient (Wildman–Crippen LogP) is 3.97. The fourth-order valence-electron chi connectivity index (χ4n) is 4.15. The number of hydrogen-bond donors (Lipinski definition) is 2. The fraction of sp³-hybridized carbons (Fsp3) is 0.208. The number of anilines is 2. The van der Waals surface area contributed by atoms with Gasteiger partial charge in [0.2, 0.25) is 0 Å². The molecule has 10 heteroatoms. The number of hydrogen-bond acceptors (Lipinski definition) is 5. The van der Waals surface area contributed by atoms with Crippen LogP contribution in [0.4, 0.5) is 16.0 Å². The zero-order valence-electron chi connectivity index (χ0n) is 18.4. The van der Waals surface area contributed by atoms with E-state index in [9.17, 15) is 14.3 Å². The number of amides is 1. The second kappa shape index (κ2) is 8.92. The van der Waals surface area contributed by atoms with Crippen LogP contribution in [0, 0.1) is 5.82 Å². The van der Waals surface area contributed by atoms with Crippen molar-refractivity contribution >= 4 is 29.1 Å². The highest BCUT2D eigenvalue weighted by Gasteiger charge is 2.27. The molecule has 0 saturated carbocycles. The van der Waals surface area contributed by atoms with Crippen molar-refractivity contribution < 1.29 is 14.3 Å². The minimum absolute atomic E-state index is 0.163. The number of halogens is 2. The summed E-state index contributed by atoms with van der Waals surface area (Å²) in [6.07, 6.45) is 5.16. The van der Waals surface area contributed by atoms with Crippen molar-refractivity contribution in [2.24, 2.45) is 7.05 Å². The molecule has 1 aliphatic heterocycles. The Morgan fingerprint density at radius 2 is 2.09 bits per heavy atom. The summed E-state index contributed by atoms with van der Waals surface area (Å²) in [7, 11) is 1.83. The molecule has 5 rings (SSSR count). The van der Waals surface area contributed by atoms with E-state index in [2.05, 4.69) is 15.4 Å². The largest absolute Gasteiger partial charge is 0.392 e. The number of carbonyl (C=O) groups excluding carboxylic acids is 1. The first-order chi connectivity index (χ1) is 16.4. The number of benzene rings is 1. The molecule has 3 aromatic heterocycles. The third-order valence-corrected chi connectivity index (χ3v) is 6.29. The summed E-state index contributed by atoms with van der Waals surface area (Å²) < 4.78 is 17.6. The van der Waals surface area contributed by atoms with Crippen LogP contribution in [0.2, 0.25) is 5.02 Å². The number of aliphatic hydroxyl groups is 1. The van der Waals surface area contributed by atoms with E-state index in [1.54, 1.807) is 34.1 Å². The maximum absolute atomic E-state index is 14.0. The number of nitrogens with zero attached hydrogens (tertiary/aromatic N) is 5. The van der Waals surface area contributed by atoms with Crippen LogP contribution < -0.4 is 5.32 Å². The molecule has 0 unspecified atom stereocenters. The van der Waals surface area contributed by atoms with E-state index in [0.29, 0.717) is 35.2 Å². The molecule has 0 atom stereocenters. The van der Waals surface area contributed by atoms with Crippen molar-refractivity contribution in [1.29, 1.82) is 0 Å². The van der Waals surface area contributed by atoms with Crippen LogP contribution in [0.1, 0.15) is 21.6 Å². The molecule has 1 aromatic carbocycles. The van der Waals surface area contributed by atoms with Gasteiger partial charge in [-0.15, -0.1) is 0 Å². The molecule has 0 spiro atoms. The molecule has 1 amide bonds. The van der Waals surface area contributed by atoms with Crippen LogP contribution in [0.25, 0.3) is 11.1 Å². The molecule has 1 aliphatic rings. The molecule has 0 aliphatic carbocycles. The topological polar surface area (TPSA) is 88.2 Å². The highest BCUT2D eigenvalue weighted by Crippen LogP contribution is 2.33. The summed E-state index contributed by atoms with van der Waals surface area (Å²) in [5.41, 5.74) is 2.88. The van der Waals surface area contributed by atoms with Crippen molar-refractivity contribution in [2.45, 2.75) is 19.7 Å². The molecule has 0 fully saturated rings. The zero-order chi connectivity index (χ0) is 23.8. The SMILES string of the molecule is Cn1nccc1Nc1cc(-c2cc3n(c2)CCN(Cc2cccc(F)c2CO)C3=O)c(Cl)cn1. The number of nitrogens with one attached hydrogen (secondary N) is 1. The molecule has 4 heterocycles. The van der Waals surface area contributed by atoms with Gasteiger partial charge in [-0.3, -0.25) is 9.48 Å². The van der Waals surface area contributed by atoms with E-state index in [4.69, 9.17) is 11.6 Å². The molecular formula is C24H22ClFN6O2. The lowest BCUT2D eigenvalue weighted by molar-refractivity contribution is 0.0689. The van der Waals surface area contributed by atoms with Crippen LogP contribution in [-0.2, 0) is 26.7 Å². The van der Waals surface area contributed by atoms with Crippen LogP contribution in [0.5, 0.6) is 0 Å². The minimum atomic E-state index is -0.474. The summed E-state index contributed by atoms with van der Waals surface area (Å²) in [5, 5.41) is 17.4. The molecular weight excluding hydrogens is 459 g/mol. The number of fused-ring (bicyclic) bond motifs is 1. The molecule has 0 radical (unpaired) electrons. The van der Waals surface area contributed by atoms with E-state index in [1.165, 1.54) is 6.07 Å². The second-order valence-corrected chi connectivity index (χ2v) is 8.49. The number of carbonyl (C=O) groups is 1. The summed E-state index contributed by atoms with van der Waals surface area (Å²) in [4.78, 5) is 19.2. The zero-order valence-corrected chi connectivity index (χ0v) is 19.1. The van der Waals surface area contributed by atoms with Crippen molar-refractivity contribution in [3.05, 3.63) is 82.6 Å². The van der Waals surface area contributed by atoms with Crippen LogP contribution in [0.3, 0.4) is 0 Å². The normalized spacial score (nSPS) is 13.3. The first kappa shape index (κ1) is 22.1. The molecule has 8 nitrogen and oxygen atoms in total. The molecule has 4 aromatic rings. The smallest absolute Gasteiger partial charge is 0.270 e. The van der Waals surface area contributed by atoms with E-state index in [-0.39, 0.29) is 18.0 Å². The first-order valence-electron chi connectivity index (χ1n) is 10.7. The average Bonchev–Trinajstić information content (AvgIpc) is 3.44. The number of aryl methyl sites for hydroxylation is 1. The van der Waals surface area contributed by atoms with E-state index >= 15 is 0 Å². The lowest BCUT2D eigenvalue weighted by Crippen LogP contribution is -2.39. The van der Waals surface area contributed by atoms with Gasteiger partial charge in [0, 0.05) is 61.8 Å². The van der Waals surface area contributed by atoms with Crippen molar-refractivity contribution in [3.63, 3.8) is 0 Å². The Kier molecular flexibility index (Phi) is 5.80. The minimum Gasteiger partial charge on any atom is -0.392 e. The predicted molar refractivity (Wildman–Crippen MR) is 126 cm³/mol. The van der Waals surface area contributed by atoms with Gasteiger partial charge in [0.1, 0.15) is 23.1 Å². The van der Waals surface area contributed by atoms with Crippen molar-refractivity contribution in [2.75, 3.05) is 11.9 Å². The summed E-state index contributed by atoms with van der Waals surface area (Å²) in [6.45, 7) is 0.870. The number of aliphatic hydroxyl groups excluding tert-OH is 1. The van der Waals surface area contributed by atoms with Gasteiger partial charge in [-0.05, 0) is 23.8 Å². The number of rotatable bonds is 6. The maximum Gasteiger partial charge on any atom is 0.270 e. The lowest BCUT2D eigenvalue weighted by atomic mass is 10.1. The third-order valence-electron chi connectivity index (χ3n) is 5.99. The molecule has 34 heavy (non-hydrogen) atoms. The quantitative estimate of drug-likeness (QED) is 0.436. The van der Waals surface area contributed by atoms with Gasteiger partial charge in [0.25, 0.3) is 5.91 Å². The first-order valence-corrected chi connectivity index (χ1v) is 11.1. The van der Waals surface area contributed by atoms with Gasteiger partial charge in [-0.1, -0.05) is 23.7 Å². The Bertz CT molecular complexity index is 1380. The average molecular weight is 481 g/mol. The molecule has 174 valence electrons. The van der Waals surface area contributed by atoms with Crippen molar-refractivity contribution in [3.8, 4) is 11.1 Å². The van der Waals surface area contributed by atoms with Crippen molar-refractivity contribution in [1.82, 2.24) is 24.2 Å². The summed E-state index contributed by atoms with van der Waals surface area (Å²) >= 11 is 6.46. The van der Waals surface area contributed by atoms with Gasteiger partial charge >= 0.3 is 0 Å². The molecule has 0 bridgehead atoms. The van der Waals surface area contributed by atoms with Crippen LogP contribution in [-0.4, -0.2) is 41.8 Å². The van der Waals surface area contributed by atoms with Gasteiger partial charge in [0.15, 0.2) is 0 Å². The van der Waals surface area contributed by atoms with E-state index in [1.807, 2.05) is 36.0 Å². The van der Waals surface area contributed by atoms with E-state index < -0.39 is 12.4 Å². The Morgan fingerprint density at radius 3 is 2.85 bits per heavy atom. The second-order valence-electron chi connectivity index (χ2n) is 8.08. The van der Waals surface area contributed by atoms with E-state index in [0.717, 1.165) is 16.9 Å². The molecule has 2 N–H and O–H groups in total. The van der Waals surface area contributed by atoms with Gasteiger partial charge in [0.05, 0.1) is 17.8 Å². The standard InChI is InChI=1S/C24H22ClFN6O2/c1-30-23(5-6-28-30)29-22-10-17(19(25)11-27-22)16-9-21-24(34)32(8-7-31(21)13-16)12-15-3-2-4-20(26)18(15)14-33/h2-6,9-11,13,33H,7-8,12,14H2,1H3,(H,27,29).